The van der Waals surface area contributed by atoms with E-state index in [9.17, 15) is 18.0 Å². The smallest absolute Gasteiger partial charge is 0.264 e. The van der Waals surface area contributed by atoms with Crippen LogP contribution < -0.4 is 9.62 Å². The third kappa shape index (κ3) is 8.54. The Hall–Kier alpha value is -3.56. The number of benzene rings is 4. The summed E-state index contributed by atoms with van der Waals surface area (Å²) in [7, 11) is -4.21. The summed E-state index contributed by atoms with van der Waals surface area (Å²) in [5.74, 6) is -0.989. The van der Waals surface area contributed by atoms with Gasteiger partial charge in [0.1, 0.15) is 12.6 Å². The molecule has 2 amide bonds. The van der Waals surface area contributed by atoms with Crippen LogP contribution in [0.25, 0.3) is 0 Å². The molecule has 0 radical (unpaired) electrons. The van der Waals surface area contributed by atoms with Gasteiger partial charge in [-0.3, -0.25) is 13.9 Å². The fourth-order valence-electron chi connectivity index (χ4n) is 4.62. The van der Waals surface area contributed by atoms with Crippen LogP contribution in [-0.2, 0) is 32.6 Å². The summed E-state index contributed by atoms with van der Waals surface area (Å²) in [6, 6.07) is 27.0. The van der Waals surface area contributed by atoms with E-state index in [0.717, 1.165) is 9.87 Å². The number of sulfonamides is 1. The SMILES string of the molecule is CC(C)NC(=O)C(Cc1ccccc1)N(Cc1ccc(Cl)cc1Cl)C(=O)CN(c1ccc(Cl)cc1)S(=O)(=O)c1ccccc1. The van der Waals surface area contributed by atoms with Crippen molar-refractivity contribution in [1.82, 2.24) is 10.2 Å². The number of nitrogens with zero attached hydrogens (tertiary/aromatic N) is 2. The van der Waals surface area contributed by atoms with Gasteiger partial charge in [-0.2, -0.15) is 0 Å². The molecule has 1 N–H and O–H groups in total. The van der Waals surface area contributed by atoms with Gasteiger partial charge in [-0.05, 0) is 73.5 Å². The first kappa shape index (κ1) is 33.3. The Labute approximate surface area is 273 Å². The summed E-state index contributed by atoms with van der Waals surface area (Å²) in [6.07, 6.45) is 0.183. The highest BCUT2D eigenvalue weighted by Gasteiger charge is 2.35. The van der Waals surface area contributed by atoms with Crippen molar-refractivity contribution in [1.29, 1.82) is 0 Å². The van der Waals surface area contributed by atoms with E-state index in [1.165, 1.54) is 29.2 Å². The normalized spacial score (nSPS) is 12.0. The number of rotatable bonds is 12. The molecule has 0 saturated heterocycles. The van der Waals surface area contributed by atoms with Crippen molar-refractivity contribution >= 4 is 62.3 Å². The molecule has 1 atom stereocenters. The van der Waals surface area contributed by atoms with Crippen molar-refractivity contribution in [2.45, 2.75) is 43.8 Å². The number of carbonyl (C=O) groups is 2. The van der Waals surface area contributed by atoms with Crippen molar-refractivity contribution in [3.8, 4) is 0 Å². The average molecular weight is 673 g/mol. The lowest BCUT2D eigenvalue weighted by atomic mass is 10.0. The standard InChI is InChI=1S/C33H32Cl3N3O4S/c1-23(2)37-33(41)31(19-24-9-5-3-6-10-24)38(21-25-13-14-27(35)20-30(25)36)32(40)22-39(28-17-15-26(34)16-18-28)44(42,43)29-11-7-4-8-12-29/h3-18,20,23,31H,19,21-22H2,1-2H3,(H,37,41). The molecule has 4 aromatic carbocycles. The lowest BCUT2D eigenvalue weighted by molar-refractivity contribution is -0.140. The summed E-state index contributed by atoms with van der Waals surface area (Å²) in [6.45, 7) is 2.99. The average Bonchev–Trinajstić information content (AvgIpc) is 2.99. The van der Waals surface area contributed by atoms with Gasteiger partial charge in [0.2, 0.25) is 11.8 Å². The van der Waals surface area contributed by atoms with Crippen molar-refractivity contribution in [2.75, 3.05) is 10.8 Å². The molecule has 0 aliphatic rings. The first-order valence-corrected chi connectivity index (χ1v) is 16.4. The molecule has 1 unspecified atom stereocenters. The molecular formula is C33H32Cl3N3O4S. The first-order chi connectivity index (χ1) is 21.0. The van der Waals surface area contributed by atoms with Crippen molar-refractivity contribution in [3.63, 3.8) is 0 Å². The van der Waals surface area contributed by atoms with Gasteiger partial charge in [0.05, 0.1) is 10.6 Å². The third-order valence-electron chi connectivity index (χ3n) is 6.78. The fraction of sp³-hybridized carbons (Fsp3) is 0.212. The van der Waals surface area contributed by atoms with E-state index in [2.05, 4.69) is 5.32 Å². The van der Waals surface area contributed by atoms with E-state index < -0.39 is 28.5 Å². The van der Waals surface area contributed by atoms with Crippen LogP contribution >= 0.6 is 34.8 Å². The molecule has 7 nitrogen and oxygen atoms in total. The van der Waals surface area contributed by atoms with Crippen LogP contribution in [0.2, 0.25) is 15.1 Å². The number of carbonyl (C=O) groups excluding carboxylic acids is 2. The second-order valence-corrected chi connectivity index (χ2v) is 13.6. The maximum atomic E-state index is 14.4. The van der Waals surface area contributed by atoms with Gasteiger partial charge >= 0.3 is 0 Å². The van der Waals surface area contributed by atoms with Gasteiger partial charge in [0, 0.05) is 34.1 Å². The van der Waals surface area contributed by atoms with E-state index in [1.807, 2.05) is 44.2 Å². The summed E-state index contributed by atoms with van der Waals surface area (Å²) >= 11 is 18.8. The molecule has 0 aliphatic heterocycles. The van der Waals surface area contributed by atoms with E-state index in [4.69, 9.17) is 34.8 Å². The number of halogens is 3. The quantitative estimate of drug-likeness (QED) is 0.176. The zero-order valence-electron chi connectivity index (χ0n) is 24.2. The second kappa shape index (κ2) is 14.9. The van der Waals surface area contributed by atoms with Crippen LogP contribution in [0.5, 0.6) is 0 Å². The molecule has 0 spiro atoms. The molecule has 4 aromatic rings. The Balaban J connectivity index is 1.81. The Bertz CT molecular complexity index is 1690. The molecular weight excluding hydrogens is 641 g/mol. The zero-order chi connectivity index (χ0) is 31.9. The van der Waals surface area contributed by atoms with Crippen LogP contribution in [0.1, 0.15) is 25.0 Å². The Morgan fingerprint density at radius 2 is 1.39 bits per heavy atom. The number of hydrogen-bond acceptors (Lipinski definition) is 4. The van der Waals surface area contributed by atoms with Gasteiger partial charge < -0.3 is 10.2 Å². The lowest BCUT2D eigenvalue weighted by Gasteiger charge is -2.34. The van der Waals surface area contributed by atoms with Crippen LogP contribution in [0.15, 0.2) is 108 Å². The number of nitrogens with one attached hydrogen (secondary N) is 1. The number of anilines is 1. The summed E-state index contributed by atoms with van der Waals surface area (Å²) < 4.78 is 29.0. The predicted octanol–water partition coefficient (Wildman–Crippen LogP) is 7.01. The van der Waals surface area contributed by atoms with Crippen molar-refractivity contribution in [2.24, 2.45) is 0 Å². The highest BCUT2D eigenvalue weighted by atomic mass is 35.5. The van der Waals surface area contributed by atoms with Gasteiger partial charge in [-0.25, -0.2) is 8.42 Å². The summed E-state index contributed by atoms with van der Waals surface area (Å²) in [5.41, 5.74) is 1.61. The fourth-order valence-corrected chi connectivity index (χ4v) is 6.65. The topological polar surface area (TPSA) is 86.8 Å². The van der Waals surface area contributed by atoms with E-state index in [0.29, 0.717) is 20.6 Å². The highest BCUT2D eigenvalue weighted by Crippen LogP contribution is 2.28. The van der Waals surface area contributed by atoms with Gasteiger partial charge in [-0.1, -0.05) is 89.4 Å². The van der Waals surface area contributed by atoms with Gasteiger partial charge in [0.25, 0.3) is 10.0 Å². The van der Waals surface area contributed by atoms with Crippen LogP contribution in [0.3, 0.4) is 0 Å². The maximum absolute atomic E-state index is 14.4. The Morgan fingerprint density at radius 1 is 0.795 bits per heavy atom. The van der Waals surface area contributed by atoms with Gasteiger partial charge in [-0.15, -0.1) is 0 Å². The minimum atomic E-state index is -4.21. The van der Waals surface area contributed by atoms with Gasteiger partial charge in [0.15, 0.2) is 0 Å². The highest BCUT2D eigenvalue weighted by molar-refractivity contribution is 7.92. The third-order valence-corrected chi connectivity index (χ3v) is 9.41. The number of hydrogen-bond donors (Lipinski definition) is 1. The van der Waals surface area contributed by atoms with Crippen LogP contribution in [-0.4, -0.2) is 43.8 Å². The van der Waals surface area contributed by atoms with Crippen LogP contribution in [0.4, 0.5) is 5.69 Å². The summed E-state index contributed by atoms with van der Waals surface area (Å²) in [5, 5.41) is 4.05. The maximum Gasteiger partial charge on any atom is 0.264 e. The van der Waals surface area contributed by atoms with E-state index in [1.54, 1.807) is 48.5 Å². The molecule has 0 aliphatic carbocycles. The Morgan fingerprint density at radius 3 is 1.98 bits per heavy atom. The molecule has 0 aromatic heterocycles. The molecule has 0 heterocycles. The predicted molar refractivity (Wildman–Crippen MR) is 177 cm³/mol. The monoisotopic (exact) mass is 671 g/mol. The summed E-state index contributed by atoms with van der Waals surface area (Å²) in [4.78, 5) is 29.5. The zero-order valence-corrected chi connectivity index (χ0v) is 27.2. The minimum absolute atomic E-state index is 0.00781. The minimum Gasteiger partial charge on any atom is -0.352 e. The molecule has 0 fully saturated rings. The Kier molecular flexibility index (Phi) is 11.3. The lowest BCUT2D eigenvalue weighted by Crippen LogP contribution is -2.54. The number of amides is 2. The largest absolute Gasteiger partial charge is 0.352 e. The molecule has 230 valence electrons. The molecule has 0 bridgehead atoms. The molecule has 44 heavy (non-hydrogen) atoms. The van der Waals surface area contributed by atoms with Crippen molar-refractivity contribution < 1.29 is 18.0 Å². The van der Waals surface area contributed by atoms with E-state index >= 15 is 0 Å². The molecule has 0 saturated carbocycles. The second-order valence-electron chi connectivity index (χ2n) is 10.4. The molecule has 11 heteroatoms. The van der Waals surface area contributed by atoms with Crippen LogP contribution in [0, 0.1) is 0 Å². The molecule has 4 rings (SSSR count). The van der Waals surface area contributed by atoms with E-state index in [-0.39, 0.29) is 35.5 Å². The first-order valence-electron chi connectivity index (χ1n) is 13.9. The van der Waals surface area contributed by atoms with Crippen molar-refractivity contribution in [3.05, 3.63) is 129 Å².